The molecule has 0 saturated carbocycles. The molecule has 1 saturated heterocycles. The van der Waals surface area contributed by atoms with Gasteiger partial charge >= 0.3 is 0 Å². The number of hydrogen-bond donors (Lipinski definition) is 1. The average Bonchev–Trinajstić information content (AvgIpc) is 2.30. The van der Waals surface area contributed by atoms with E-state index >= 15 is 0 Å². The van der Waals surface area contributed by atoms with Crippen molar-refractivity contribution in [1.82, 2.24) is 4.98 Å². The second kappa shape index (κ2) is 5.05. The maximum Gasteiger partial charge on any atom is 0.257 e. The molecular weight excluding hydrogens is 208 g/mol. The largest absolute Gasteiger partial charge is 0.376 e. The molecule has 0 aromatic carbocycles. The first-order valence-corrected chi connectivity index (χ1v) is 5.18. The Bertz CT molecular complexity index is 375. The van der Waals surface area contributed by atoms with Gasteiger partial charge in [-0.25, -0.2) is 4.98 Å². The zero-order valence-corrected chi connectivity index (χ0v) is 9.10. The van der Waals surface area contributed by atoms with Gasteiger partial charge in [0, 0.05) is 6.20 Å². The van der Waals surface area contributed by atoms with Crippen LogP contribution in [-0.2, 0) is 14.3 Å². The molecule has 5 nitrogen and oxygen atoms in total. The summed E-state index contributed by atoms with van der Waals surface area (Å²) in [6.45, 7) is 3.25. The molecule has 0 aliphatic carbocycles. The van der Waals surface area contributed by atoms with E-state index in [1.807, 2.05) is 19.1 Å². The molecule has 0 bridgehead atoms. The van der Waals surface area contributed by atoms with Crippen LogP contribution in [0.1, 0.15) is 5.56 Å². The summed E-state index contributed by atoms with van der Waals surface area (Å²) < 4.78 is 10.4. The highest BCUT2D eigenvalue weighted by Gasteiger charge is 2.22. The Morgan fingerprint density at radius 2 is 2.44 bits per heavy atom. The van der Waals surface area contributed by atoms with Gasteiger partial charge in [0.15, 0.2) is 6.10 Å². The Kier molecular flexibility index (Phi) is 3.48. The van der Waals surface area contributed by atoms with Crippen LogP contribution in [0.3, 0.4) is 0 Å². The monoisotopic (exact) mass is 222 g/mol. The zero-order valence-electron chi connectivity index (χ0n) is 9.10. The smallest absolute Gasteiger partial charge is 0.257 e. The molecule has 1 atom stereocenters. The van der Waals surface area contributed by atoms with Crippen molar-refractivity contribution in [2.75, 3.05) is 25.1 Å². The molecule has 1 amide bonds. The second-order valence-electron chi connectivity index (χ2n) is 3.64. The lowest BCUT2D eigenvalue weighted by Crippen LogP contribution is -2.39. The van der Waals surface area contributed by atoms with Crippen LogP contribution in [0.25, 0.3) is 0 Å². The van der Waals surface area contributed by atoms with Gasteiger partial charge in [0.25, 0.3) is 5.91 Å². The molecule has 1 aliphatic heterocycles. The number of carbonyl (C=O) groups excluding carboxylic acids is 1. The van der Waals surface area contributed by atoms with Crippen LogP contribution in [0.4, 0.5) is 5.82 Å². The van der Waals surface area contributed by atoms with Crippen LogP contribution >= 0.6 is 0 Å². The molecular formula is C11H14N2O3. The van der Waals surface area contributed by atoms with E-state index < -0.39 is 6.10 Å². The van der Waals surface area contributed by atoms with Gasteiger partial charge in [-0.1, -0.05) is 0 Å². The molecule has 1 aliphatic rings. The van der Waals surface area contributed by atoms with Crippen LogP contribution in [-0.4, -0.2) is 36.8 Å². The van der Waals surface area contributed by atoms with Crippen LogP contribution in [0.5, 0.6) is 0 Å². The topological polar surface area (TPSA) is 60.5 Å². The van der Waals surface area contributed by atoms with E-state index in [2.05, 4.69) is 10.3 Å². The van der Waals surface area contributed by atoms with Crippen molar-refractivity contribution in [2.24, 2.45) is 0 Å². The summed E-state index contributed by atoms with van der Waals surface area (Å²) >= 11 is 0. The third-order valence-corrected chi connectivity index (χ3v) is 2.28. The predicted molar refractivity (Wildman–Crippen MR) is 58.2 cm³/mol. The molecule has 5 heteroatoms. The van der Waals surface area contributed by atoms with Gasteiger partial charge in [-0.2, -0.15) is 0 Å². The SMILES string of the molecule is Cc1ccnc(NC(=O)C2COCCO2)c1. The van der Waals surface area contributed by atoms with E-state index in [0.29, 0.717) is 25.6 Å². The Labute approximate surface area is 93.8 Å². The summed E-state index contributed by atoms with van der Waals surface area (Å²) in [5.41, 5.74) is 1.05. The van der Waals surface area contributed by atoms with Crippen LogP contribution in [0.15, 0.2) is 18.3 Å². The quantitative estimate of drug-likeness (QED) is 0.802. The molecule has 1 N–H and O–H groups in total. The highest BCUT2D eigenvalue weighted by molar-refractivity contribution is 5.93. The van der Waals surface area contributed by atoms with Crippen molar-refractivity contribution < 1.29 is 14.3 Å². The molecule has 0 radical (unpaired) electrons. The third-order valence-electron chi connectivity index (χ3n) is 2.28. The number of hydrogen-bond acceptors (Lipinski definition) is 4. The number of carbonyl (C=O) groups is 1. The Morgan fingerprint density at radius 1 is 1.56 bits per heavy atom. The summed E-state index contributed by atoms with van der Waals surface area (Å²) in [6, 6.07) is 3.68. The third kappa shape index (κ3) is 2.77. The molecule has 2 heterocycles. The van der Waals surface area contributed by atoms with E-state index in [4.69, 9.17) is 9.47 Å². The van der Waals surface area contributed by atoms with Crippen LogP contribution in [0.2, 0.25) is 0 Å². The Morgan fingerprint density at radius 3 is 3.12 bits per heavy atom. The van der Waals surface area contributed by atoms with Crippen molar-refractivity contribution in [3.05, 3.63) is 23.9 Å². The highest BCUT2D eigenvalue weighted by Crippen LogP contribution is 2.08. The van der Waals surface area contributed by atoms with Gasteiger partial charge in [-0.05, 0) is 24.6 Å². The maximum atomic E-state index is 11.7. The number of anilines is 1. The van der Waals surface area contributed by atoms with E-state index in [0.717, 1.165) is 5.56 Å². The lowest BCUT2D eigenvalue weighted by molar-refractivity contribution is -0.142. The summed E-state index contributed by atoms with van der Waals surface area (Å²) in [5.74, 6) is 0.331. The van der Waals surface area contributed by atoms with E-state index in [1.165, 1.54) is 0 Å². The lowest BCUT2D eigenvalue weighted by Gasteiger charge is -2.21. The fraction of sp³-hybridized carbons (Fsp3) is 0.455. The van der Waals surface area contributed by atoms with E-state index in [1.54, 1.807) is 6.20 Å². The molecule has 86 valence electrons. The van der Waals surface area contributed by atoms with E-state index in [-0.39, 0.29) is 5.91 Å². The molecule has 1 aromatic heterocycles. The van der Waals surface area contributed by atoms with Crippen LogP contribution < -0.4 is 5.32 Å². The number of amides is 1. The summed E-state index contributed by atoms with van der Waals surface area (Å²) in [5, 5.41) is 2.70. The van der Waals surface area contributed by atoms with Crippen molar-refractivity contribution >= 4 is 11.7 Å². The number of nitrogens with zero attached hydrogens (tertiary/aromatic N) is 1. The molecule has 16 heavy (non-hydrogen) atoms. The first-order valence-electron chi connectivity index (χ1n) is 5.18. The van der Waals surface area contributed by atoms with Gasteiger partial charge in [0.1, 0.15) is 5.82 Å². The normalized spacial score (nSPS) is 20.4. The van der Waals surface area contributed by atoms with Crippen molar-refractivity contribution in [3.8, 4) is 0 Å². The van der Waals surface area contributed by atoms with Crippen molar-refractivity contribution in [2.45, 2.75) is 13.0 Å². The number of pyridine rings is 1. The number of aryl methyl sites for hydroxylation is 1. The van der Waals surface area contributed by atoms with Gasteiger partial charge in [0.05, 0.1) is 19.8 Å². The van der Waals surface area contributed by atoms with E-state index in [9.17, 15) is 4.79 Å². The Balaban J connectivity index is 1.96. The number of aromatic nitrogens is 1. The minimum atomic E-state index is -0.531. The fourth-order valence-electron chi connectivity index (χ4n) is 1.45. The minimum Gasteiger partial charge on any atom is -0.376 e. The molecule has 1 unspecified atom stereocenters. The summed E-state index contributed by atoms with van der Waals surface area (Å²) in [4.78, 5) is 15.8. The van der Waals surface area contributed by atoms with Gasteiger partial charge in [0.2, 0.25) is 0 Å². The zero-order chi connectivity index (χ0) is 11.4. The van der Waals surface area contributed by atoms with Crippen LogP contribution in [0, 0.1) is 6.92 Å². The Hall–Kier alpha value is -1.46. The van der Waals surface area contributed by atoms with Crippen molar-refractivity contribution in [1.29, 1.82) is 0 Å². The minimum absolute atomic E-state index is 0.210. The molecule has 1 aromatic rings. The first-order chi connectivity index (χ1) is 7.75. The first kappa shape index (κ1) is 11.0. The van der Waals surface area contributed by atoms with Gasteiger partial charge < -0.3 is 14.8 Å². The summed E-state index contributed by atoms with van der Waals surface area (Å²) in [6.07, 6.45) is 1.12. The predicted octanol–water partition coefficient (Wildman–Crippen LogP) is 0.744. The maximum absolute atomic E-state index is 11.7. The second-order valence-corrected chi connectivity index (χ2v) is 3.64. The number of ether oxygens (including phenoxy) is 2. The standard InChI is InChI=1S/C11H14N2O3/c1-8-2-3-12-10(6-8)13-11(14)9-7-15-4-5-16-9/h2-3,6,9H,4-5,7H2,1H3,(H,12,13,14). The molecule has 2 rings (SSSR count). The van der Waals surface area contributed by atoms with Gasteiger partial charge in [-0.3, -0.25) is 4.79 Å². The number of rotatable bonds is 2. The number of nitrogens with one attached hydrogen (secondary N) is 1. The fourth-order valence-corrected chi connectivity index (χ4v) is 1.45. The molecule has 1 fully saturated rings. The van der Waals surface area contributed by atoms with Gasteiger partial charge in [-0.15, -0.1) is 0 Å². The lowest BCUT2D eigenvalue weighted by atomic mass is 10.3. The summed E-state index contributed by atoms with van der Waals surface area (Å²) in [7, 11) is 0. The van der Waals surface area contributed by atoms with Crippen molar-refractivity contribution in [3.63, 3.8) is 0 Å². The molecule has 0 spiro atoms. The average molecular weight is 222 g/mol. The highest BCUT2D eigenvalue weighted by atomic mass is 16.6.